The van der Waals surface area contributed by atoms with Crippen molar-refractivity contribution in [2.45, 2.75) is 18.2 Å². The Labute approximate surface area is 73.4 Å². The molecule has 0 aromatic heterocycles. The lowest BCUT2D eigenvalue weighted by atomic mass is 10.0. The topological polar surface area (TPSA) is 141 Å². The standard InChI is InChI=1S/C6H11NO6/c7-2(1-8)3(9)4(10)5(11)6(12)13/h2-4,8-10H,1,7H2,(H,12,13)/t2-,3+,4-/m0/s1. The van der Waals surface area contributed by atoms with E-state index in [4.69, 9.17) is 26.2 Å². The van der Waals surface area contributed by atoms with Gasteiger partial charge in [-0.15, -0.1) is 0 Å². The van der Waals surface area contributed by atoms with Gasteiger partial charge in [0.2, 0.25) is 0 Å². The lowest BCUT2D eigenvalue weighted by molar-refractivity contribution is -0.156. The highest BCUT2D eigenvalue weighted by molar-refractivity contribution is 6.34. The summed E-state index contributed by atoms with van der Waals surface area (Å²) in [7, 11) is 0. The number of aliphatic hydroxyl groups excluding tert-OH is 3. The first-order valence-corrected chi connectivity index (χ1v) is 3.41. The van der Waals surface area contributed by atoms with Gasteiger partial charge in [-0.3, -0.25) is 4.79 Å². The Hall–Kier alpha value is -1.02. The van der Waals surface area contributed by atoms with Crippen LogP contribution in [0.15, 0.2) is 0 Å². The fourth-order valence-corrected chi connectivity index (χ4v) is 0.624. The summed E-state index contributed by atoms with van der Waals surface area (Å²) in [5.41, 5.74) is 5.05. The molecule has 0 saturated heterocycles. The minimum Gasteiger partial charge on any atom is -0.475 e. The highest BCUT2D eigenvalue weighted by atomic mass is 16.4. The third-order valence-electron chi connectivity index (χ3n) is 1.45. The molecule has 0 amide bonds. The maximum atomic E-state index is 10.6. The molecule has 0 aliphatic heterocycles. The number of hydrogen-bond acceptors (Lipinski definition) is 6. The van der Waals surface area contributed by atoms with Gasteiger partial charge >= 0.3 is 5.97 Å². The summed E-state index contributed by atoms with van der Waals surface area (Å²) in [6.07, 6.45) is -3.90. The summed E-state index contributed by atoms with van der Waals surface area (Å²) in [6, 6.07) is -1.25. The smallest absolute Gasteiger partial charge is 0.375 e. The predicted molar refractivity (Wildman–Crippen MR) is 39.7 cm³/mol. The van der Waals surface area contributed by atoms with E-state index < -0.39 is 36.6 Å². The molecule has 7 heteroatoms. The fourth-order valence-electron chi connectivity index (χ4n) is 0.624. The predicted octanol–water partition coefficient (Wildman–Crippen LogP) is -3.32. The summed E-state index contributed by atoms with van der Waals surface area (Å²) in [5, 5.41) is 34.4. The molecule has 3 atom stereocenters. The maximum Gasteiger partial charge on any atom is 0.375 e. The minimum atomic E-state index is -2.11. The van der Waals surface area contributed by atoms with Crippen molar-refractivity contribution < 1.29 is 30.0 Å². The van der Waals surface area contributed by atoms with Crippen LogP contribution in [0.2, 0.25) is 0 Å². The number of carboxylic acid groups (broad SMARTS) is 1. The van der Waals surface area contributed by atoms with Crippen molar-refractivity contribution in [2.24, 2.45) is 5.73 Å². The first-order chi connectivity index (χ1) is 5.91. The largest absolute Gasteiger partial charge is 0.475 e. The Balaban J connectivity index is 4.33. The van der Waals surface area contributed by atoms with E-state index in [2.05, 4.69) is 0 Å². The van der Waals surface area contributed by atoms with Crippen LogP contribution in [0.4, 0.5) is 0 Å². The number of rotatable bonds is 5. The number of aliphatic carboxylic acids is 1. The van der Waals surface area contributed by atoms with Crippen molar-refractivity contribution in [3.63, 3.8) is 0 Å². The molecule has 76 valence electrons. The van der Waals surface area contributed by atoms with Crippen molar-refractivity contribution in [3.8, 4) is 0 Å². The summed E-state index contributed by atoms with van der Waals surface area (Å²) >= 11 is 0. The monoisotopic (exact) mass is 193 g/mol. The van der Waals surface area contributed by atoms with E-state index in [0.29, 0.717) is 0 Å². The Kier molecular flexibility index (Phi) is 4.49. The number of carboxylic acids is 1. The molecule has 0 aliphatic carbocycles. The summed E-state index contributed by atoms with van der Waals surface area (Å²) in [4.78, 5) is 20.6. The molecule has 0 radical (unpaired) electrons. The van der Waals surface area contributed by atoms with Crippen LogP contribution in [0, 0.1) is 0 Å². The Bertz CT molecular complexity index is 205. The summed E-state index contributed by atoms with van der Waals surface area (Å²) < 4.78 is 0. The van der Waals surface area contributed by atoms with Crippen LogP contribution in [0.5, 0.6) is 0 Å². The van der Waals surface area contributed by atoms with Gasteiger partial charge in [0.25, 0.3) is 5.78 Å². The molecule has 6 N–H and O–H groups in total. The molecule has 0 aromatic carbocycles. The average Bonchev–Trinajstić information content (AvgIpc) is 2.12. The van der Waals surface area contributed by atoms with E-state index in [1.807, 2.05) is 0 Å². The molecule has 0 unspecified atom stereocenters. The number of aliphatic hydroxyl groups is 3. The normalized spacial score (nSPS) is 17.5. The number of carbonyl (C=O) groups excluding carboxylic acids is 1. The lowest BCUT2D eigenvalue weighted by Gasteiger charge is -2.19. The molecule has 13 heavy (non-hydrogen) atoms. The Morgan fingerprint density at radius 3 is 2.08 bits per heavy atom. The van der Waals surface area contributed by atoms with Crippen LogP contribution in [0.1, 0.15) is 0 Å². The molecule has 0 spiro atoms. The number of nitrogens with two attached hydrogens (primary N) is 1. The quantitative estimate of drug-likeness (QED) is 0.288. The van der Waals surface area contributed by atoms with Gasteiger partial charge in [-0.25, -0.2) is 4.79 Å². The van der Waals surface area contributed by atoms with E-state index in [-0.39, 0.29) is 0 Å². The first-order valence-electron chi connectivity index (χ1n) is 3.41. The van der Waals surface area contributed by atoms with Gasteiger partial charge in [0.05, 0.1) is 12.6 Å². The van der Waals surface area contributed by atoms with Gasteiger partial charge in [-0.2, -0.15) is 0 Å². The zero-order valence-corrected chi connectivity index (χ0v) is 6.62. The molecule has 0 heterocycles. The second-order valence-corrected chi connectivity index (χ2v) is 2.45. The van der Waals surface area contributed by atoms with E-state index in [1.54, 1.807) is 0 Å². The molecular weight excluding hydrogens is 182 g/mol. The van der Waals surface area contributed by atoms with Gasteiger partial charge in [-0.05, 0) is 0 Å². The van der Waals surface area contributed by atoms with Crippen molar-refractivity contribution in [2.75, 3.05) is 6.61 Å². The summed E-state index contributed by atoms with van der Waals surface area (Å²) in [5.74, 6) is -3.42. The summed E-state index contributed by atoms with van der Waals surface area (Å²) in [6.45, 7) is -0.662. The first kappa shape index (κ1) is 12.0. The highest BCUT2D eigenvalue weighted by Crippen LogP contribution is 1.99. The molecule has 0 fully saturated rings. The van der Waals surface area contributed by atoms with Crippen molar-refractivity contribution in [1.29, 1.82) is 0 Å². The second-order valence-electron chi connectivity index (χ2n) is 2.45. The van der Waals surface area contributed by atoms with Crippen LogP contribution >= 0.6 is 0 Å². The third-order valence-corrected chi connectivity index (χ3v) is 1.45. The van der Waals surface area contributed by atoms with Crippen molar-refractivity contribution >= 4 is 11.8 Å². The average molecular weight is 193 g/mol. The number of hydrogen-bond donors (Lipinski definition) is 5. The van der Waals surface area contributed by atoms with Gasteiger partial charge in [0, 0.05) is 0 Å². The number of carbonyl (C=O) groups is 2. The Morgan fingerprint density at radius 1 is 1.31 bits per heavy atom. The molecule has 0 rings (SSSR count). The molecule has 0 bridgehead atoms. The minimum absolute atomic E-state index is 0.662. The molecule has 7 nitrogen and oxygen atoms in total. The van der Waals surface area contributed by atoms with Crippen LogP contribution in [-0.4, -0.2) is 57.0 Å². The van der Waals surface area contributed by atoms with Crippen LogP contribution in [0.3, 0.4) is 0 Å². The molecule has 0 aliphatic rings. The third kappa shape index (κ3) is 3.07. The van der Waals surface area contributed by atoms with Gasteiger partial charge in [0.15, 0.2) is 6.10 Å². The van der Waals surface area contributed by atoms with Crippen molar-refractivity contribution in [3.05, 3.63) is 0 Å². The molecular formula is C6H11NO6. The van der Waals surface area contributed by atoms with Gasteiger partial charge in [0.1, 0.15) is 6.10 Å². The molecule has 0 aromatic rings. The van der Waals surface area contributed by atoms with E-state index in [1.165, 1.54) is 0 Å². The second kappa shape index (κ2) is 4.87. The van der Waals surface area contributed by atoms with E-state index >= 15 is 0 Å². The Morgan fingerprint density at radius 2 is 1.77 bits per heavy atom. The van der Waals surface area contributed by atoms with Crippen LogP contribution in [-0.2, 0) is 9.59 Å². The number of ketones is 1. The van der Waals surface area contributed by atoms with Gasteiger partial charge < -0.3 is 26.2 Å². The van der Waals surface area contributed by atoms with E-state index in [0.717, 1.165) is 0 Å². The zero-order valence-electron chi connectivity index (χ0n) is 6.62. The lowest BCUT2D eigenvalue weighted by Crippen LogP contribution is -2.50. The SMILES string of the molecule is N[C@@H](CO)[C@@H](O)[C@H](O)C(=O)C(=O)O. The molecule has 0 saturated carbocycles. The van der Waals surface area contributed by atoms with Gasteiger partial charge in [-0.1, -0.05) is 0 Å². The van der Waals surface area contributed by atoms with Crippen LogP contribution in [0.25, 0.3) is 0 Å². The van der Waals surface area contributed by atoms with E-state index in [9.17, 15) is 9.59 Å². The van der Waals surface area contributed by atoms with Crippen molar-refractivity contribution in [1.82, 2.24) is 0 Å². The maximum absolute atomic E-state index is 10.6. The zero-order chi connectivity index (χ0) is 10.6. The fraction of sp³-hybridized carbons (Fsp3) is 0.667. The number of Topliss-reactive ketones (excluding diaryl/α,β-unsaturated/α-hetero) is 1. The highest BCUT2D eigenvalue weighted by Gasteiger charge is 2.32. The van der Waals surface area contributed by atoms with Crippen LogP contribution < -0.4 is 5.73 Å².